The van der Waals surface area contributed by atoms with Crippen molar-refractivity contribution in [3.05, 3.63) is 45.9 Å². The Balaban J connectivity index is 2.37. The molecule has 3 nitrogen and oxygen atoms in total. The molecule has 0 aliphatic rings. The summed E-state index contributed by atoms with van der Waals surface area (Å²) in [6, 6.07) is 4.59. The number of imidazole rings is 1. The molecule has 0 aliphatic carbocycles. The largest absolute Gasteiger partial charge is 0.369 e. The summed E-state index contributed by atoms with van der Waals surface area (Å²) in [5.74, 6) is 0.184. The van der Waals surface area contributed by atoms with Gasteiger partial charge < -0.3 is 10.3 Å². The lowest BCUT2D eigenvalue weighted by atomic mass is 10.2. The van der Waals surface area contributed by atoms with Gasteiger partial charge in [-0.15, -0.1) is 0 Å². The minimum Gasteiger partial charge on any atom is -0.369 e. The molecule has 2 aromatic rings. The lowest BCUT2D eigenvalue weighted by molar-refractivity contribution is 0.622. The molecule has 2 rings (SSSR count). The first-order chi connectivity index (χ1) is 7.58. The minimum absolute atomic E-state index is 0.255. The fourth-order valence-corrected chi connectivity index (χ4v) is 1.89. The van der Waals surface area contributed by atoms with E-state index < -0.39 is 0 Å². The normalized spacial score (nSPS) is 10.7. The van der Waals surface area contributed by atoms with Crippen molar-refractivity contribution in [2.24, 2.45) is 0 Å². The fraction of sp³-hybridized carbons (Fsp3) is 0.182. The van der Waals surface area contributed by atoms with Crippen molar-refractivity contribution in [1.29, 1.82) is 0 Å². The molecule has 84 valence electrons. The monoisotopic (exact) mass is 283 g/mol. The number of nitrogens with two attached hydrogens (primary N) is 1. The van der Waals surface area contributed by atoms with Crippen LogP contribution in [0.3, 0.4) is 0 Å². The maximum atomic E-state index is 13.1. The lowest BCUT2D eigenvalue weighted by Gasteiger charge is -2.09. The minimum atomic E-state index is -0.255. The summed E-state index contributed by atoms with van der Waals surface area (Å²) in [6.07, 6.45) is 1.70. The Labute approximate surface area is 101 Å². The third kappa shape index (κ3) is 2.09. The van der Waals surface area contributed by atoms with Gasteiger partial charge in [-0.05, 0) is 30.7 Å². The van der Waals surface area contributed by atoms with Gasteiger partial charge in [0, 0.05) is 10.2 Å². The van der Waals surface area contributed by atoms with Gasteiger partial charge in [0.1, 0.15) is 5.82 Å². The predicted molar refractivity (Wildman–Crippen MR) is 64.6 cm³/mol. The molecule has 0 saturated carbocycles. The third-order valence-electron chi connectivity index (χ3n) is 2.42. The van der Waals surface area contributed by atoms with Crippen molar-refractivity contribution >= 4 is 21.9 Å². The van der Waals surface area contributed by atoms with Crippen molar-refractivity contribution in [1.82, 2.24) is 9.55 Å². The number of halogens is 2. The zero-order valence-corrected chi connectivity index (χ0v) is 10.3. The molecule has 1 aromatic carbocycles. The van der Waals surface area contributed by atoms with E-state index in [1.807, 2.05) is 11.5 Å². The summed E-state index contributed by atoms with van der Waals surface area (Å²) in [5, 5.41) is 0. The van der Waals surface area contributed by atoms with E-state index >= 15 is 0 Å². The number of aromatic nitrogens is 2. The van der Waals surface area contributed by atoms with Crippen LogP contribution in [0, 0.1) is 12.7 Å². The molecule has 0 unspecified atom stereocenters. The van der Waals surface area contributed by atoms with E-state index in [1.165, 1.54) is 12.1 Å². The van der Waals surface area contributed by atoms with Crippen LogP contribution in [0.4, 0.5) is 10.3 Å². The lowest BCUT2D eigenvalue weighted by Crippen LogP contribution is -2.07. The Kier molecular flexibility index (Phi) is 2.96. The first kappa shape index (κ1) is 11.1. The van der Waals surface area contributed by atoms with Gasteiger partial charge >= 0.3 is 0 Å². The molecule has 0 fully saturated rings. The summed E-state index contributed by atoms with van der Waals surface area (Å²) in [6.45, 7) is 2.42. The Bertz CT molecular complexity index is 502. The molecule has 5 heteroatoms. The molecular formula is C11H11BrFN3. The first-order valence-corrected chi connectivity index (χ1v) is 5.59. The van der Waals surface area contributed by atoms with Crippen LogP contribution in [0.15, 0.2) is 28.9 Å². The zero-order valence-electron chi connectivity index (χ0n) is 8.74. The zero-order chi connectivity index (χ0) is 11.7. The summed E-state index contributed by atoms with van der Waals surface area (Å²) in [4.78, 5) is 4.00. The van der Waals surface area contributed by atoms with Crippen LogP contribution in [0.25, 0.3) is 0 Å². The fourth-order valence-electron chi connectivity index (χ4n) is 1.52. The molecule has 2 N–H and O–H groups in total. The molecule has 0 bridgehead atoms. The molecule has 1 heterocycles. The highest BCUT2D eigenvalue weighted by atomic mass is 79.9. The van der Waals surface area contributed by atoms with Gasteiger partial charge in [-0.25, -0.2) is 9.37 Å². The average molecular weight is 284 g/mol. The van der Waals surface area contributed by atoms with Crippen molar-refractivity contribution in [3.63, 3.8) is 0 Å². The molecule has 0 radical (unpaired) electrons. The van der Waals surface area contributed by atoms with Crippen LogP contribution in [-0.4, -0.2) is 9.55 Å². The molecule has 1 aromatic heterocycles. The van der Waals surface area contributed by atoms with Gasteiger partial charge in [-0.3, -0.25) is 0 Å². The summed E-state index contributed by atoms with van der Waals surface area (Å²) in [5.41, 5.74) is 7.51. The van der Waals surface area contributed by atoms with E-state index in [0.29, 0.717) is 12.5 Å². The van der Waals surface area contributed by atoms with E-state index in [2.05, 4.69) is 20.9 Å². The Morgan fingerprint density at radius 1 is 1.50 bits per heavy atom. The summed E-state index contributed by atoms with van der Waals surface area (Å²) in [7, 11) is 0. The van der Waals surface area contributed by atoms with E-state index in [4.69, 9.17) is 5.73 Å². The van der Waals surface area contributed by atoms with Crippen LogP contribution < -0.4 is 5.73 Å². The average Bonchev–Trinajstić information content (AvgIpc) is 2.55. The number of hydrogen-bond donors (Lipinski definition) is 1. The number of aryl methyl sites for hydroxylation is 1. The Morgan fingerprint density at radius 2 is 2.25 bits per heavy atom. The highest BCUT2D eigenvalue weighted by molar-refractivity contribution is 9.10. The number of rotatable bonds is 2. The summed E-state index contributed by atoms with van der Waals surface area (Å²) < 4.78 is 15.8. The van der Waals surface area contributed by atoms with Gasteiger partial charge in [-0.1, -0.05) is 15.9 Å². The SMILES string of the molecule is Cc1cnc(N)n1Cc1cc(F)ccc1Br. The highest BCUT2D eigenvalue weighted by Gasteiger charge is 2.07. The second-order valence-corrected chi connectivity index (χ2v) is 4.43. The molecule has 0 amide bonds. The van der Waals surface area contributed by atoms with E-state index in [1.54, 1.807) is 12.3 Å². The number of nitrogens with zero attached hydrogens (tertiary/aromatic N) is 2. The molecule has 0 atom stereocenters. The maximum Gasteiger partial charge on any atom is 0.200 e. The van der Waals surface area contributed by atoms with Crippen LogP contribution in [0.2, 0.25) is 0 Å². The first-order valence-electron chi connectivity index (χ1n) is 4.79. The number of hydrogen-bond acceptors (Lipinski definition) is 2. The van der Waals surface area contributed by atoms with Crippen LogP contribution in [0.1, 0.15) is 11.3 Å². The van der Waals surface area contributed by atoms with E-state index in [-0.39, 0.29) is 5.82 Å². The number of benzene rings is 1. The van der Waals surface area contributed by atoms with E-state index in [9.17, 15) is 4.39 Å². The van der Waals surface area contributed by atoms with E-state index in [0.717, 1.165) is 15.7 Å². The van der Waals surface area contributed by atoms with Crippen molar-refractivity contribution in [3.8, 4) is 0 Å². The standard InChI is InChI=1S/C11H11BrFN3/c1-7-5-15-11(14)16(7)6-8-4-9(13)2-3-10(8)12/h2-5H,6H2,1H3,(H2,14,15). The molecule has 0 saturated heterocycles. The Hall–Kier alpha value is -1.36. The quantitative estimate of drug-likeness (QED) is 0.921. The topological polar surface area (TPSA) is 43.8 Å². The number of anilines is 1. The van der Waals surface area contributed by atoms with Gasteiger partial charge in [0.05, 0.1) is 12.7 Å². The van der Waals surface area contributed by atoms with Crippen LogP contribution in [-0.2, 0) is 6.54 Å². The van der Waals surface area contributed by atoms with Gasteiger partial charge in [-0.2, -0.15) is 0 Å². The van der Waals surface area contributed by atoms with Crippen molar-refractivity contribution in [2.75, 3.05) is 5.73 Å². The highest BCUT2D eigenvalue weighted by Crippen LogP contribution is 2.20. The molecule has 0 aliphatic heterocycles. The smallest absolute Gasteiger partial charge is 0.200 e. The second kappa shape index (κ2) is 4.25. The maximum absolute atomic E-state index is 13.1. The second-order valence-electron chi connectivity index (χ2n) is 3.58. The van der Waals surface area contributed by atoms with Crippen LogP contribution in [0.5, 0.6) is 0 Å². The molecular weight excluding hydrogens is 273 g/mol. The predicted octanol–water partition coefficient (Wildman–Crippen LogP) is 2.72. The molecule has 0 spiro atoms. The van der Waals surface area contributed by atoms with Crippen molar-refractivity contribution < 1.29 is 4.39 Å². The van der Waals surface area contributed by atoms with Gasteiger partial charge in [0.15, 0.2) is 0 Å². The molecule has 16 heavy (non-hydrogen) atoms. The third-order valence-corrected chi connectivity index (χ3v) is 3.20. The van der Waals surface area contributed by atoms with Gasteiger partial charge in [0.25, 0.3) is 0 Å². The summed E-state index contributed by atoms with van der Waals surface area (Å²) >= 11 is 3.38. The van der Waals surface area contributed by atoms with Crippen LogP contribution >= 0.6 is 15.9 Å². The Morgan fingerprint density at radius 3 is 2.88 bits per heavy atom. The number of nitrogen functional groups attached to an aromatic ring is 1. The van der Waals surface area contributed by atoms with Crippen molar-refractivity contribution in [2.45, 2.75) is 13.5 Å². The van der Waals surface area contributed by atoms with Gasteiger partial charge in [0.2, 0.25) is 5.95 Å².